The summed E-state index contributed by atoms with van der Waals surface area (Å²) in [6.45, 7) is 9.36. The van der Waals surface area contributed by atoms with Crippen LogP contribution in [0.15, 0.2) is 0 Å². The first-order valence-electron chi connectivity index (χ1n) is 4.16. The Kier molecular flexibility index (Phi) is 6.02. The molecule has 0 nitrogen and oxygen atoms in total. The van der Waals surface area contributed by atoms with E-state index < -0.39 is 0 Å². The molecule has 0 aromatic carbocycles. The molecule has 0 amide bonds. The van der Waals surface area contributed by atoms with Crippen molar-refractivity contribution in [2.75, 3.05) is 0 Å². The summed E-state index contributed by atoms with van der Waals surface area (Å²) < 4.78 is 2.61. The quantitative estimate of drug-likeness (QED) is 0.524. The van der Waals surface area contributed by atoms with Crippen molar-refractivity contribution in [3.63, 3.8) is 0 Å². The van der Waals surface area contributed by atoms with Gasteiger partial charge in [-0.05, 0) is 0 Å². The molecular formula is C8H18Mg. The minimum Gasteiger partial charge on any atom is -0.143 e. The number of rotatable bonds is 4. The fraction of sp³-hybridized carbons (Fsp3) is 1.00. The third-order valence-electron chi connectivity index (χ3n) is 1.93. The van der Waals surface area contributed by atoms with Gasteiger partial charge in [-0.2, -0.15) is 0 Å². The van der Waals surface area contributed by atoms with Crippen LogP contribution in [0.2, 0.25) is 8.60 Å². The van der Waals surface area contributed by atoms with Crippen LogP contribution in [0.1, 0.15) is 34.1 Å². The van der Waals surface area contributed by atoms with Crippen LogP contribution in [0.5, 0.6) is 0 Å². The highest BCUT2D eigenvalue weighted by molar-refractivity contribution is 6.37. The second-order valence-electron chi connectivity index (χ2n) is 3.48. The minimum absolute atomic E-state index is 0.288. The summed E-state index contributed by atoms with van der Waals surface area (Å²) in [4.78, 5) is 0. The predicted octanol–water partition coefficient (Wildman–Crippen LogP) is 2.98. The van der Waals surface area contributed by atoms with Crippen LogP contribution >= 0.6 is 0 Å². The molecule has 0 aliphatic heterocycles. The third kappa shape index (κ3) is 6.65. The van der Waals surface area contributed by atoms with E-state index in [-0.39, 0.29) is 20.4 Å². The molecule has 0 aliphatic rings. The van der Waals surface area contributed by atoms with Crippen molar-refractivity contribution in [1.82, 2.24) is 0 Å². The van der Waals surface area contributed by atoms with Crippen molar-refractivity contribution >= 4 is 20.4 Å². The van der Waals surface area contributed by atoms with Crippen molar-refractivity contribution in [3.05, 3.63) is 0 Å². The van der Waals surface area contributed by atoms with Crippen LogP contribution in [0, 0.1) is 5.92 Å². The van der Waals surface area contributed by atoms with Crippen LogP contribution in [0.4, 0.5) is 0 Å². The lowest BCUT2D eigenvalue weighted by Gasteiger charge is -2.06. The molecule has 0 aromatic heterocycles. The van der Waals surface area contributed by atoms with Gasteiger partial charge >= 0.3 is 20.4 Å². The van der Waals surface area contributed by atoms with Crippen molar-refractivity contribution in [2.45, 2.75) is 42.7 Å². The molecule has 0 spiro atoms. The Balaban J connectivity index is 3.06. The van der Waals surface area contributed by atoms with Gasteiger partial charge in [0.1, 0.15) is 0 Å². The fourth-order valence-electron chi connectivity index (χ4n) is 0.822. The van der Waals surface area contributed by atoms with E-state index in [1.165, 1.54) is 11.0 Å². The van der Waals surface area contributed by atoms with Crippen LogP contribution in [-0.2, 0) is 0 Å². The third-order valence-corrected chi connectivity index (χ3v) is 4.98. The summed E-state index contributed by atoms with van der Waals surface area (Å²) in [6.07, 6.45) is 1.40. The normalized spacial score (nSPS) is 13.4. The highest BCUT2D eigenvalue weighted by Crippen LogP contribution is 2.11. The minimum atomic E-state index is 0.288. The van der Waals surface area contributed by atoms with E-state index in [0.29, 0.717) is 0 Å². The zero-order chi connectivity index (χ0) is 7.28. The van der Waals surface area contributed by atoms with E-state index in [1.54, 1.807) is 0 Å². The summed E-state index contributed by atoms with van der Waals surface area (Å²) in [7, 11) is 0. The Morgan fingerprint density at radius 1 is 1.22 bits per heavy atom. The molecule has 0 saturated carbocycles. The zero-order valence-corrected chi connectivity index (χ0v) is 8.69. The second-order valence-corrected chi connectivity index (χ2v) is 6.03. The summed E-state index contributed by atoms with van der Waals surface area (Å²) in [6, 6.07) is 0. The molecule has 1 heteroatoms. The summed E-state index contributed by atoms with van der Waals surface area (Å²) in [5.41, 5.74) is 0. The first kappa shape index (κ1) is 9.77. The van der Waals surface area contributed by atoms with E-state index in [4.69, 9.17) is 0 Å². The molecule has 0 aliphatic carbocycles. The van der Waals surface area contributed by atoms with E-state index in [9.17, 15) is 0 Å². The van der Waals surface area contributed by atoms with E-state index in [1.807, 2.05) is 0 Å². The van der Waals surface area contributed by atoms with Crippen LogP contribution in [0.3, 0.4) is 0 Å². The summed E-state index contributed by atoms with van der Waals surface area (Å²) in [5, 5.41) is 0. The van der Waals surface area contributed by atoms with Crippen molar-refractivity contribution < 1.29 is 0 Å². The lowest BCUT2D eigenvalue weighted by molar-refractivity contribution is 0.718. The molecule has 0 fully saturated rings. The predicted molar refractivity (Wildman–Crippen MR) is 45.1 cm³/mol. The van der Waals surface area contributed by atoms with E-state index in [2.05, 4.69) is 27.7 Å². The Morgan fingerprint density at radius 3 is 2.11 bits per heavy atom. The van der Waals surface area contributed by atoms with Gasteiger partial charge in [0.05, 0.1) is 0 Å². The van der Waals surface area contributed by atoms with Gasteiger partial charge in [0.25, 0.3) is 0 Å². The maximum atomic E-state index is 2.40. The first-order chi connectivity index (χ1) is 4.16. The molecule has 1 atom stereocenters. The topological polar surface area (TPSA) is 0 Å². The first-order valence-corrected chi connectivity index (χ1v) is 5.98. The standard InChI is InChI=1S/2C4H9.Mg/c1-4(2)3;1-3-4-2;/h4H,1H2,2-3H3;3H,4H2,1-2H3;. The molecule has 0 radical (unpaired) electrons. The monoisotopic (exact) mass is 138 g/mol. The molecule has 9 heavy (non-hydrogen) atoms. The molecule has 0 aromatic rings. The summed E-state index contributed by atoms with van der Waals surface area (Å²) in [5.74, 6) is 0.950. The van der Waals surface area contributed by atoms with E-state index >= 15 is 0 Å². The van der Waals surface area contributed by atoms with Gasteiger partial charge in [-0.15, -0.1) is 8.60 Å². The maximum Gasteiger partial charge on any atom is 0.368 e. The Morgan fingerprint density at radius 2 is 1.78 bits per heavy atom. The van der Waals surface area contributed by atoms with Gasteiger partial charge in [-0.1, -0.05) is 40.0 Å². The lowest BCUT2D eigenvalue weighted by atomic mass is 10.3. The highest BCUT2D eigenvalue weighted by atomic mass is 24.5. The van der Waals surface area contributed by atoms with Gasteiger partial charge in [-0.25, -0.2) is 0 Å². The average Bonchev–Trinajstić information content (AvgIpc) is 1.83. The molecule has 0 heterocycles. The molecule has 0 rings (SSSR count). The van der Waals surface area contributed by atoms with Crippen molar-refractivity contribution in [3.8, 4) is 0 Å². The lowest BCUT2D eigenvalue weighted by Crippen LogP contribution is -2.01. The van der Waals surface area contributed by atoms with Gasteiger partial charge < -0.3 is 0 Å². The Hall–Kier alpha value is 0.766. The van der Waals surface area contributed by atoms with Crippen LogP contribution in [0.25, 0.3) is 0 Å². The Bertz CT molecular complexity index is 59.6. The summed E-state index contributed by atoms with van der Waals surface area (Å²) >= 11 is 0.288. The van der Waals surface area contributed by atoms with Gasteiger partial charge in [0.15, 0.2) is 0 Å². The Labute approximate surface area is 69.1 Å². The molecule has 0 saturated heterocycles. The molecule has 0 bridgehead atoms. The highest BCUT2D eigenvalue weighted by Gasteiger charge is 2.04. The molecule has 0 N–H and O–H groups in total. The van der Waals surface area contributed by atoms with Crippen molar-refractivity contribution in [2.24, 2.45) is 5.92 Å². The van der Waals surface area contributed by atoms with Gasteiger partial charge in [0, 0.05) is 0 Å². The fourth-order valence-corrected chi connectivity index (χ4v) is 2.47. The average molecular weight is 139 g/mol. The van der Waals surface area contributed by atoms with Crippen molar-refractivity contribution in [1.29, 1.82) is 0 Å². The van der Waals surface area contributed by atoms with Gasteiger partial charge in [-0.3, -0.25) is 0 Å². The van der Waals surface area contributed by atoms with Gasteiger partial charge in [0.2, 0.25) is 0 Å². The number of hydrogen-bond donors (Lipinski definition) is 0. The second kappa shape index (κ2) is 5.54. The van der Waals surface area contributed by atoms with E-state index in [0.717, 1.165) is 9.97 Å². The zero-order valence-electron chi connectivity index (χ0n) is 7.28. The largest absolute Gasteiger partial charge is 0.368 e. The molecule has 52 valence electrons. The number of hydrogen-bond acceptors (Lipinski definition) is 0. The molecule has 1 unspecified atom stereocenters. The maximum absolute atomic E-state index is 2.40. The SMILES string of the molecule is CC[CH](C)[Mg][CH2]C(C)C. The van der Waals surface area contributed by atoms with Crippen LogP contribution in [-0.4, -0.2) is 20.4 Å². The van der Waals surface area contributed by atoms with Crippen LogP contribution < -0.4 is 0 Å². The molecular weight excluding hydrogens is 120 g/mol. The smallest absolute Gasteiger partial charge is 0.143 e.